The summed E-state index contributed by atoms with van der Waals surface area (Å²) < 4.78 is 5.46. The second kappa shape index (κ2) is 11.6. The molecule has 0 bridgehead atoms. The summed E-state index contributed by atoms with van der Waals surface area (Å²) in [6.45, 7) is 4.07. The van der Waals surface area contributed by atoms with Crippen molar-refractivity contribution in [1.29, 1.82) is 0 Å². The Labute approximate surface area is 246 Å². The molecule has 1 aliphatic carbocycles. The standard InChI is InChI=1S/C32H32NO2P.Y/c1-24-22-26(35-3)23-25(2)30(24)33-31(34)32(20-13-21-32)36(27-14-7-4-8-15-27,28-16-9-5-10-17-28)29-18-11-6-12-19-29;/h4-12,14-19,22-23H,13,20-21H2,1-3H3;/p+1. The molecule has 5 rings (SSSR count). The van der Waals surface area contributed by atoms with Gasteiger partial charge in [0.1, 0.15) is 28.9 Å². The van der Waals surface area contributed by atoms with Gasteiger partial charge < -0.3 is 10.1 Å². The summed E-state index contributed by atoms with van der Waals surface area (Å²) in [5.74, 6) is 0.927. The van der Waals surface area contributed by atoms with E-state index in [0.29, 0.717) is 0 Å². The van der Waals surface area contributed by atoms with Gasteiger partial charge in [0.2, 0.25) is 0 Å². The van der Waals surface area contributed by atoms with E-state index in [4.69, 9.17) is 4.74 Å². The fourth-order valence-electron chi connectivity index (χ4n) is 5.84. The normalized spacial score (nSPS) is 14.1. The van der Waals surface area contributed by atoms with Gasteiger partial charge in [-0.1, -0.05) is 54.6 Å². The summed E-state index contributed by atoms with van der Waals surface area (Å²) in [5, 5.41) is 6.64. The number of benzene rings is 4. The van der Waals surface area contributed by atoms with Crippen LogP contribution in [-0.2, 0) is 37.5 Å². The molecule has 0 atom stereocenters. The number of nitrogens with one attached hydrogen (secondary N) is 1. The van der Waals surface area contributed by atoms with E-state index in [1.807, 2.05) is 26.0 Å². The van der Waals surface area contributed by atoms with Gasteiger partial charge >= 0.3 is 0 Å². The summed E-state index contributed by atoms with van der Waals surface area (Å²) >= 11 is 0. The maximum Gasteiger partial charge on any atom is 0.269 e. The van der Waals surface area contributed by atoms with Crippen LogP contribution in [0.1, 0.15) is 30.4 Å². The molecule has 1 fully saturated rings. The predicted molar refractivity (Wildman–Crippen MR) is 153 cm³/mol. The first-order valence-electron chi connectivity index (χ1n) is 12.6. The van der Waals surface area contributed by atoms with Gasteiger partial charge in [-0.3, -0.25) is 4.79 Å². The molecular weight excluding hydrogens is 550 g/mol. The first kappa shape index (κ1) is 27.7. The third-order valence-corrected chi connectivity index (χ3v) is 12.8. The minimum atomic E-state index is -2.36. The molecule has 0 unspecified atom stereocenters. The monoisotopic (exact) mass is 583 g/mol. The van der Waals surface area contributed by atoms with Crippen LogP contribution in [0.4, 0.5) is 5.69 Å². The Bertz CT molecular complexity index is 1240. The maximum atomic E-state index is 14.6. The Morgan fingerprint density at radius 3 is 1.49 bits per heavy atom. The van der Waals surface area contributed by atoms with Crippen molar-refractivity contribution in [2.24, 2.45) is 0 Å². The number of carbonyl (C=O) groups is 1. The van der Waals surface area contributed by atoms with Gasteiger partial charge in [-0.05, 0) is 92.8 Å². The molecule has 3 nitrogen and oxygen atoms in total. The topological polar surface area (TPSA) is 38.3 Å². The van der Waals surface area contributed by atoms with Crippen LogP contribution in [0.5, 0.6) is 5.75 Å². The van der Waals surface area contributed by atoms with Crippen molar-refractivity contribution in [1.82, 2.24) is 0 Å². The molecule has 1 saturated carbocycles. The number of carbonyl (C=O) groups excluding carboxylic acids is 1. The minimum absolute atomic E-state index is 0. The van der Waals surface area contributed by atoms with Gasteiger partial charge in [-0.15, -0.1) is 0 Å². The van der Waals surface area contributed by atoms with Crippen LogP contribution < -0.4 is 26.0 Å². The minimum Gasteiger partial charge on any atom is -0.497 e. The van der Waals surface area contributed by atoms with Gasteiger partial charge in [0.25, 0.3) is 5.91 Å². The zero-order valence-electron chi connectivity index (χ0n) is 21.8. The van der Waals surface area contributed by atoms with Crippen molar-refractivity contribution in [2.45, 2.75) is 38.3 Å². The molecule has 1 aliphatic rings. The molecule has 0 aromatic heterocycles. The summed E-state index contributed by atoms with van der Waals surface area (Å²) in [4.78, 5) is 14.6. The number of aryl methyl sites for hydroxylation is 2. The quantitative estimate of drug-likeness (QED) is 0.265. The second-order valence-electron chi connectivity index (χ2n) is 9.65. The van der Waals surface area contributed by atoms with E-state index in [0.717, 1.165) is 41.8 Å². The molecule has 185 valence electrons. The van der Waals surface area contributed by atoms with Gasteiger partial charge in [0.05, 0.1) is 7.11 Å². The Balaban J connectivity index is 0.00000320. The first-order chi connectivity index (χ1) is 17.5. The molecule has 0 aliphatic heterocycles. The van der Waals surface area contributed by atoms with E-state index >= 15 is 0 Å². The van der Waals surface area contributed by atoms with Crippen molar-refractivity contribution in [3.8, 4) is 5.75 Å². The average molecular weight is 584 g/mol. The van der Waals surface area contributed by atoms with Crippen molar-refractivity contribution in [3.05, 3.63) is 114 Å². The summed E-state index contributed by atoms with van der Waals surface area (Å²) in [6.07, 6.45) is 2.77. The molecule has 1 radical (unpaired) electrons. The van der Waals surface area contributed by atoms with Crippen molar-refractivity contribution in [3.63, 3.8) is 0 Å². The van der Waals surface area contributed by atoms with Gasteiger partial charge in [-0.2, -0.15) is 0 Å². The van der Waals surface area contributed by atoms with Crippen molar-refractivity contribution >= 4 is 34.8 Å². The zero-order valence-corrected chi connectivity index (χ0v) is 25.5. The third-order valence-electron chi connectivity index (χ3n) is 7.66. The SMILES string of the molecule is COc1cc(C)c(NC(=O)C2([P+](c3ccccc3)(c3ccccc3)c3ccccc3)CCC2)c(C)c1.[Y]. The summed E-state index contributed by atoms with van der Waals surface area (Å²) in [7, 11) is -0.689. The molecule has 37 heavy (non-hydrogen) atoms. The molecule has 0 saturated heterocycles. The number of methoxy groups -OCH3 is 1. The molecular formula is C32H33NO2PY+. The largest absolute Gasteiger partial charge is 0.497 e. The first-order valence-corrected chi connectivity index (χ1v) is 14.3. The third kappa shape index (κ3) is 4.72. The van der Waals surface area contributed by atoms with Gasteiger partial charge in [0.15, 0.2) is 5.16 Å². The molecule has 1 amide bonds. The number of anilines is 1. The maximum absolute atomic E-state index is 14.6. The Morgan fingerprint density at radius 2 is 1.16 bits per heavy atom. The van der Waals surface area contributed by atoms with Crippen LogP contribution in [-0.4, -0.2) is 18.2 Å². The van der Waals surface area contributed by atoms with Crippen molar-refractivity contribution in [2.75, 3.05) is 12.4 Å². The van der Waals surface area contributed by atoms with Gasteiger partial charge in [0, 0.05) is 38.4 Å². The fourth-order valence-corrected chi connectivity index (χ4v) is 11.4. The smallest absolute Gasteiger partial charge is 0.269 e. The Hall–Kier alpha value is -2.32. The van der Waals surface area contributed by atoms with Crippen LogP contribution in [0, 0.1) is 13.8 Å². The molecule has 4 aromatic carbocycles. The van der Waals surface area contributed by atoms with E-state index in [1.54, 1.807) is 7.11 Å². The fraction of sp³-hybridized carbons (Fsp3) is 0.219. The zero-order chi connectivity index (χ0) is 25.2. The van der Waals surface area contributed by atoms with E-state index in [1.165, 1.54) is 15.9 Å². The Kier molecular flexibility index (Phi) is 8.69. The predicted octanol–water partition coefficient (Wildman–Crippen LogP) is 6.16. The van der Waals surface area contributed by atoms with E-state index < -0.39 is 12.4 Å². The average Bonchev–Trinajstić information content (AvgIpc) is 2.89. The van der Waals surface area contributed by atoms with E-state index in [-0.39, 0.29) is 38.6 Å². The van der Waals surface area contributed by atoms with E-state index in [2.05, 4.69) is 96.3 Å². The van der Waals surface area contributed by atoms with Crippen LogP contribution in [0.25, 0.3) is 0 Å². The van der Waals surface area contributed by atoms with Gasteiger partial charge in [-0.25, -0.2) is 0 Å². The van der Waals surface area contributed by atoms with Crippen LogP contribution in [0.3, 0.4) is 0 Å². The van der Waals surface area contributed by atoms with Crippen molar-refractivity contribution < 1.29 is 42.2 Å². The molecule has 1 N–H and O–H groups in total. The number of rotatable bonds is 7. The summed E-state index contributed by atoms with van der Waals surface area (Å²) in [6, 6.07) is 36.2. The summed E-state index contributed by atoms with van der Waals surface area (Å²) in [5.41, 5.74) is 2.91. The molecule has 0 heterocycles. The number of hydrogen-bond acceptors (Lipinski definition) is 2. The molecule has 0 spiro atoms. The molecule has 5 heteroatoms. The van der Waals surface area contributed by atoms with Crippen LogP contribution >= 0.6 is 7.26 Å². The number of hydrogen-bond donors (Lipinski definition) is 1. The van der Waals surface area contributed by atoms with Crippen LogP contribution in [0.15, 0.2) is 103 Å². The van der Waals surface area contributed by atoms with E-state index in [9.17, 15) is 4.79 Å². The van der Waals surface area contributed by atoms with Crippen LogP contribution in [0.2, 0.25) is 0 Å². The number of ether oxygens (including phenoxy) is 1. The molecule has 4 aromatic rings. The Morgan fingerprint density at radius 1 is 0.757 bits per heavy atom. The number of amides is 1. The second-order valence-corrected chi connectivity index (χ2v) is 13.4.